The number of rotatable bonds is 0. The molecule has 0 aliphatic rings. The van der Waals surface area contributed by atoms with Gasteiger partial charge in [-0.1, -0.05) is 29.8 Å². The summed E-state index contributed by atoms with van der Waals surface area (Å²) in [4.78, 5) is 0. The van der Waals surface area contributed by atoms with Crippen LogP contribution in [0.1, 0.15) is 5.56 Å². The van der Waals surface area contributed by atoms with Crippen molar-refractivity contribution >= 4 is 41.8 Å². The first-order valence-electron chi connectivity index (χ1n) is 2.86. The van der Waals surface area contributed by atoms with E-state index in [4.69, 9.17) is 0 Å². The first-order valence-corrected chi connectivity index (χ1v) is 10.7. The molecule has 0 aliphatic heterocycles. The Kier molecular flexibility index (Phi) is 8.81. The average molecular weight is 275 g/mol. The van der Waals surface area contributed by atoms with Crippen LogP contribution in [0.5, 0.6) is 0 Å². The monoisotopic (exact) mass is 273 g/mol. The molecule has 1 aromatic rings. The molecule has 0 saturated heterocycles. The van der Waals surface area contributed by atoms with Crippen molar-refractivity contribution in [1.29, 1.82) is 0 Å². The Morgan fingerprint density at radius 3 is 2.30 bits per heavy atom. The van der Waals surface area contributed by atoms with Crippen molar-refractivity contribution in [2.45, 2.75) is 6.92 Å². The molecule has 10 heavy (non-hydrogen) atoms. The molecule has 1 radical (unpaired) electrons. The maximum Gasteiger partial charge on any atom is 0.560 e. The number of hydrogen-bond donors (Lipinski definition) is 0. The van der Waals surface area contributed by atoms with Gasteiger partial charge in [0.05, 0.1) is 0 Å². The fraction of sp³-hybridized carbons (Fsp3) is 0.143. The predicted molar refractivity (Wildman–Crippen MR) is 53.6 cm³/mol. The molecule has 3 heteroatoms. The van der Waals surface area contributed by atoms with E-state index in [2.05, 4.69) is 44.8 Å². The Bertz CT molecular complexity index is 153. The topological polar surface area (TPSA) is 0 Å². The summed E-state index contributed by atoms with van der Waals surface area (Å²) in [7, 11) is 0. The van der Waals surface area contributed by atoms with Crippen molar-refractivity contribution in [3.63, 3.8) is 0 Å². The van der Waals surface area contributed by atoms with E-state index in [0.29, 0.717) is 0 Å². The summed E-state index contributed by atoms with van der Waals surface area (Å²) in [6, 6.07) is 10.8. The van der Waals surface area contributed by atoms with Crippen LogP contribution in [0.4, 0.5) is 0 Å². The average Bonchev–Trinajstić information content (AvgIpc) is 1.91. The van der Waals surface area contributed by atoms with E-state index >= 15 is 0 Å². The zero-order valence-corrected chi connectivity index (χ0v) is 10.4. The molecular weight excluding hydrogens is 268 g/mol. The van der Waals surface area contributed by atoms with Crippen LogP contribution in [0.25, 0.3) is 0 Å². The smallest absolute Gasteiger partial charge is 0.280 e. The normalized spacial score (nSPS) is 7.10. The largest absolute Gasteiger partial charge is 0.560 e. The second kappa shape index (κ2) is 8.05. The van der Waals surface area contributed by atoms with Gasteiger partial charge in [-0.2, -0.15) is 0 Å². The Balaban J connectivity index is 0.000000236. The highest BCUT2D eigenvalue weighted by Gasteiger charge is 1.72. The quantitative estimate of drug-likeness (QED) is 0.638. The summed E-state index contributed by atoms with van der Waals surface area (Å²) >= 11 is 6.44. The molecule has 0 spiro atoms. The molecule has 0 N–H and O–H groups in total. The van der Waals surface area contributed by atoms with Gasteiger partial charge in [0.25, 0.3) is 0 Å². The second-order valence-corrected chi connectivity index (χ2v) is 9.76. The zero-order valence-electron chi connectivity index (χ0n) is 5.77. The van der Waals surface area contributed by atoms with Crippen molar-refractivity contribution in [2.24, 2.45) is 0 Å². The van der Waals surface area contributed by atoms with E-state index < -0.39 is 0 Å². The van der Waals surface area contributed by atoms with Crippen LogP contribution in [0.15, 0.2) is 24.3 Å². The Morgan fingerprint density at radius 1 is 1.50 bits per heavy atom. The molecule has 51 valence electrons. The highest BCUT2D eigenvalue weighted by Crippen LogP contribution is 1.91. The highest BCUT2D eigenvalue weighted by atomic mass is 79.9. The minimum Gasteiger partial charge on any atom is -0.280 e. The number of benzene rings is 1. The first-order chi connectivity index (χ1) is 4.81. The van der Waals surface area contributed by atoms with Gasteiger partial charge < -0.3 is 0 Å². The molecule has 0 aromatic heterocycles. The highest BCUT2D eigenvalue weighted by molar-refractivity contribution is 9.47. The molecule has 0 heterocycles. The Hall–Kier alpha value is 0.946. The number of hydrogen-bond acceptors (Lipinski definition) is 0. The van der Waals surface area contributed by atoms with Gasteiger partial charge in [-0.3, -0.25) is 25.8 Å². The fourth-order valence-corrected chi connectivity index (χ4v) is 0.483. The van der Waals surface area contributed by atoms with Crippen LogP contribution >= 0.6 is 25.8 Å². The summed E-state index contributed by atoms with van der Waals surface area (Å²) in [5, 5.41) is 0. The van der Waals surface area contributed by atoms with E-state index in [1.54, 1.807) is 0 Å². The van der Waals surface area contributed by atoms with Gasteiger partial charge in [0.1, 0.15) is 0 Å². The zero-order chi connectivity index (χ0) is 7.82. The third-order valence-corrected chi connectivity index (χ3v) is 0.863. The van der Waals surface area contributed by atoms with Crippen molar-refractivity contribution < 1.29 is 0 Å². The lowest BCUT2D eigenvalue weighted by Gasteiger charge is -1.82. The number of aryl methyl sites for hydroxylation is 1. The lowest BCUT2D eigenvalue weighted by Crippen LogP contribution is -1.63. The third kappa shape index (κ3) is 7.06. The van der Waals surface area contributed by atoms with Gasteiger partial charge in [-0.25, -0.2) is 0 Å². The summed E-state index contributed by atoms with van der Waals surface area (Å²) < 4.78 is 0. The van der Waals surface area contributed by atoms with Gasteiger partial charge >= 0.3 is 16.0 Å². The van der Waals surface area contributed by atoms with Crippen LogP contribution < -0.4 is 0 Å². The lowest BCUT2D eigenvalue weighted by molar-refractivity contribution is 1.47. The van der Waals surface area contributed by atoms with Crippen molar-refractivity contribution in [2.75, 3.05) is 0 Å². The van der Waals surface area contributed by atoms with Gasteiger partial charge in [0, 0.05) is 0 Å². The van der Waals surface area contributed by atoms with E-state index in [1.807, 2.05) is 18.2 Å². The van der Waals surface area contributed by atoms with E-state index in [9.17, 15) is 0 Å². The van der Waals surface area contributed by atoms with Crippen LogP contribution in [0.3, 0.4) is 0 Å². The van der Waals surface area contributed by atoms with Crippen LogP contribution in [0, 0.1) is 13.0 Å². The maximum absolute atomic E-state index is 3.20. The summed E-state index contributed by atoms with van der Waals surface area (Å²) in [5.74, 6) is 0. The Morgan fingerprint density at radius 2 is 2.10 bits per heavy atom. The molecule has 0 aliphatic carbocycles. The lowest BCUT2D eigenvalue weighted by atomic mass is 10.2. The molecule has 0 atom stereocenters. The minimum atomic E-state index is 0.0417. The third-order valence-electron chi connectivity index (χ3n) is 0.863. The van der Waals surface area contributed by atoms with E-state index in [-0.39, 0.29) is 16.0 Å². The molecule has 0 amide bonds. The predicted octanol–water partition coefficient (Wildman–Crippen LogP) is 3.11. The van der Waals surface area contributed by atoms with Crippen molar-refractivity contribution in [1.82, 2.24) is 0 Å². The summed E-state index contributed by atoms with van der Waals surface area (Å²) in [5.41, 5.74) is 1.27. The molecule has 0 unspecified atom stereocenters. The van der Waals surface area contributed by atoms with Gasteiger partial charge in [-0.15, -0.1) is 0 Å². The SMILES string of the molecule is Cc1c[c]ccc1.[Br][Mg][Br]. The van der Waals surface area contributed by atoms with E-state index in [0.717, 1.165) is 0 Å². The molecule has 0 fully saturated rings. The summed E-state index contributed by atoms with van der Waals surface area (Å²) in [6.07, 6.45) is 0. The molecule has 0 bridgehead atoms. The van der Waals surface area contributed by atoms with E-state index in [1.165, 1.54) is 5.56 Å². The summed E-state index contributed by atoms with van der Waals surface area (Å²) in [6.45, 7) is 2.05. The van der Waals surface area contributed by atoms with Gasteiger partial charge in [-0.05, 0) is 13.0 Å². The van der Waals surface area contributed by atoms with Gasteiger partial charge in [0.2, 0.25) is 0 Å². The molecule has 0 nitrogen and oxygen atoms in total. The van der Waals surface area contributed by atoms with Crippen molar-refractivity contribution in [3.8, 4) is 0 Å². The van der Waals surface area contributed by atoms with Crippen LogP contribution in [-0.4, -0.2) is 16.0 Å². The molecule has 1 rings (SSSR count). The number of halogens is 2. The first kappa shape index (κ1) is 10.9. The molecule has 1 aromatic carbocycles. The molecular formula is C7H7Br2Mg. The minimum absolute atomic E-state index is 0.0417. The van der Waals surface area contributed by atoms with Crippen molar-refractivity contribution in [3.05, 3.63) is 35.9 Å². The standard InChI is InChI=1S/C7H7.2BrH.Mg/c1-7-5-3-2-4-6-7;;;/h2-3,5-6H,1H3;2*1H;/q;;;+2/p-2. The van der Waals surface area contributed by atoms with Gasteiger partial charge in [0.15, 0.2) is 0 Å². The molecule has 0 saturated carbocycles. The Labute approximate surface area is 83.9 Å². The second-order valence-electron chi connectivity index (χ2n) is 1.68. The van der Waals surface area contributed by atoms with Crippen LogP contribution in [-0.2, 0) is 0 Å². The fourth-order valence-electron chi connectivity index (χ4n) is 0.483. The van der Waals surface area contributed by atoms with Crippen LogP contribution in [0.2, 0.25) is 0 Å². The maximum atomic E-state index is 3.20.